The van der Waals surface area contributed by atoms with Gasteiger partial charge >= 0.3 is 0 Å². The molecule has 0 spiro atoms. The molecule has 5 nitrogen and oxygen atoms in total. The van der Waals surface area contributed by atoms with Crippen LogP contribution in [0.4, 0.5) is 0 Å². The van der Waals surface area contributed by atoms with Gasteiger partial charge in [0.1, 0.15) is 0 Å². The molecule has 0 saturated heterocycles. The maximum Gasteiger partial charge on any atom is 0.152 e. The fourth-order valence-corrected chi connectivity index (χ4v) is 4.16. The number of fused-ring (bicyclic) bond motifs is 8. The maximum absolute atomic E-state index is 5.88. The first-order valence-electron chi connectivity index (χ1n) is 10.5. The van der Waals surface area contributed by atoms with Crippen molar-refractivity contribution < 1.29 is 21.5 Å². The van der Waals surface area contributed by atoms with Crippen LogP contribution in [0.1, 0.15) is 22.8 Å². The molecule has 4 aromatic rings. The first-order chi connectivity index (χ1) is 15.7. The number of nitrogens with one attached hydrogen (secondary N) is 2. The molecule has 0 amide bonds. The molecule has 33 heavy (non-hydrogen) atoms. The molecule has 3 aromatic heterocycles. The van der Waals surface area contributed by atoms with E-state index in [1.54, 1.807) is 7.11 Å². The van der Waals surface area contributed by atoms with Gasteiger partial charge in [-0.05, 0) is 66.3 Å². The summed E-state index contributed by atoms with van der Waals surface area (Å²) >= 11 is 0. The second kappa shape index (κ2) is 8.58. The van der Waals surface area contributed by atoms with Crippen LogP contribution in [0.25, 0.3) is 57.5 Å². The number of rotatable bonds is 2. The molecule has 0 fully saturated rings. The largest absolute Gasteiger partial charge is 0.494 e. The quantitative estimate of drug-likeness (QED) is 0.308. The zero-order valence-corrected chi connectivity index (χ0v) is 18.8. The maximum atomic E-state index is 5.88. The van der Waals surface area contributed by atoms with E-state index >= 15 is 0 Å². The van der Waals surface area contributed by atoms with Gasteiger partial charge in [0.15, 0.2) is 5.75 Å². The summed E-state index contributed by atoms with van der Waals surface area (Å²) in [5, 5.41) is 0. The summed E-state index contributed by atoms with van der Waals surface area (Å²) in [5.41, 5.74) is 9.42. The number of aromatic amines is 2. The first-order valence-corrected chi connectivity index (χ1v) is 10.5. The van der Waals surface area contributed by atoms with Crippen molar-refractivity contribution in [2.45, 2.75) is 0 Å². The van der Waals surface area contributed by atoms with Gasteiger partial charge in [0, 0.05) is 33.4 Å². The molecule has 0 unspecified atom stereocenters. The van der Waals surface area contributed by atoms with Crippen LogP contribution in [0.15, 0.2) is 66.7 Å². The predicted octanol–water partition coefficient (Wildman–Crippen LogP) is 6.33. The number of hydrogen-bond donors (Lipinski definition) is 2. The van der Waals surface area contributed by atoms with Gasteiger partial charge in [0.05, 0.1) is 40.9 Å². The van der Waals surface area contributed by atoms with E-state index in [1.807, 2.05) is 72.8 Å². The van der Waals surface area contributed by atoms with Gasteiger partial charge in [0.2, 0.25) is 0 Å². The van der Waals surface area contributed by atoms with Gasteiger partial charge in [-0.1, -0.05) is 30.3 Å². The zero-order chi connectivity index (χ0) is 21.5. The summed E-state index contributed by atoms with van der Waals surface area (Å²) in [7, 11) is 1.70. The van der Waals surface area contributed by atoms with Gasteiger partial charge < -0.3 is 14.7 Å². The monoisotopic (exact) mass is 475 g/mol. The summed E-state index contributed by atoms with van der Waals surface area (Å²) in [6, 6.07) is 22.5. The SMILES string of the molecule is COc1c(-c2ccccc2)c2cc3nc(cc4ccc(cc5nc(cc1[nH]2)C=C5)[nH]4)C=C3.[Co]. The summed E-state index contributed by atoms with van der Waals surface area (Å²) in [5.74, 6) is 0.784. The summed E-state index contributed by atoms with van der Waals surface area (Å²) < 4.78 is 5.88. The Morgan fingerprint density at radius 1 is 0.636 bits per heavy atom. The predicted molar refractivity (Wildman–Crippen MR) is 131 cm³/mol. The molecule has 6 heteroatoms. The van der Waals surface area contributed by atoms with Crippen molar-refractivity contribution in [1.29, 1.82) is 0 Å². The molecule has 6 rings (SSSR count). The van der Waals surface area contributed by atoms with Gasteiger partial charge in [-0.2, -0.15) is 0 Å². The van der Waals surface area contributed by atoms with Crippen molar-refractivity contribution >= 4 is 46.4 Å². The van der Waals surface area contributed by atoms with Crippen molar-refractivity contribution in [3.8, 4) is 16.9 Å². The Bertz CT molecular complexity index is 1560. The van der Waals surface area contributed by atoms with E-state index < -0.39 is 0 Å². The van der Waals surface area contributed by atoms with Crippen molar-refractivity contribution in [1.82, 2.24) is 19.9 Å². The van der Waals surface area contributed by atoms with Gasteiger partial charge in [-0.15, -0.1) is 0 Å². The standard InChI is InChI=1S/C27H20N4O.Co/c1-32-27-25-16-23-12-10-21(30-23)14-19-8-7-18(28-19)13-20-9-11-22(29-20)15-24(31-25)26(27)17-5-3-2-4-6-17;/h2-16,28,31H,1H3;. The molecular weight excluding hydrogens is 455 g/mol. The Balaban J connectivity index is 0.00000228. The topological polar surface area (TPSA) is 66.6 Å². The Morgan fingerprint density at radius 2 is 1.18 bits per heavy atom. The molecule has 163 valence electrons. The molecule has 0 atom stereocenters. The third-order valence-corrected chi connectivity index (χ3v) is 5.57. The normalized spacial score (nSPS) is 11.9. The van der Waals surface area contributed by atoms with Crippen molar-refractivity contribution in [2.24, 2.45) is 0 Å². The van der Waals surface area contributed by atoms with Crippen LogP contribution in [0, 0.1) is 0 Å². The summed E-state index contributed by atoms with van der Waals surface area (Å²) in [4.78, 5) is 16.5. The number of ether oxygens (including phenoxy) is 1. The second-order valence-corrected chi connectivity index (χ2v) is 7.76. The molecular formula is C27H20CoN4O. The third-order valence-electron chi connectivity index (χ3n) is 5.57. The third kappa shape index (κ3) is 4.02. The molecule has 5 heterocycles. The minimum Gasteiger partial charge on any atom is -0.494 e. The molecule has 0 aliphatic carbocycles. The smallest absolute Gasteiger partial charge is 0.152 e. The van der Waals surface area contributed by atoms with E-state index in [0.717, 1.165) is 61.7 Å². The Hall–Kier alpha value is -3.87. The van der Waals surface area contributed by atoms with E-state index in [2.05, 4.69) is 28.2 Å². The Labute approximate surface area is 201 Å². The molecule has 1 radical (unpaired) electrons. The zero-order valence-electron chi connectivity index (χ0n) is 17.8. The van der Waals surface area contributed by atoms with Gasteiger partial charge in [-0.3, -0.25) is 0 Å². The molecule has 2 aliphatic heterocycles. The summed E-state index contributed by atoms with van der Waals surface area (Å²) in [6.45, 7) is 0. The van der Waals surface area contributed by atoms with Crippen LogP contribution >= 0.6 is 0 Å². The van der Waals surface area contributed by atoms with Crippen LogP contribution in [0.3, 0.4) is 0 Å². The molecule has 1 aromatic carbocycles. The van der Waals surface area contributed by atoms with Crippen LogP contribution in [0.5, 0.6) is 5.75 Å². The van der Waals surface area contributed by atoms with E-state index in [-0.39, 0.29) is 16.8 Å². The number of H-pyrrole nitrogens is 2. The van der Waals surface area contributed by atoms with E-state index in [9.17, 15) is 0 Å². The fourth-order valence-electron chi connectivity index (χ4n) is 4.16. The van der Waals surface area contributed by atoms with Crippen LogP contribution in [0.2, 0.25) is 0 Å². The summed E-state index contributed by atoms with van der Waals surface area (Å²) in [6.07, 6.45) is 8.07. The number of nitrogens with zero attached hydrogens (tertiary/aromatic N) is 2. The van der Waals surface area contributed by atoms with Crippen molar-refractivity contribution in [2.75, 3.05) is 7.11 Å². The van der Waals surface area contributed by atoms with E-state index in [0.29, 0.717) is 0 Å². The Kier molecular flexibility index (Phi) is 5.46. The van der Waals surface area contributed by atoms with Gasteiger partial charge in [-0.25, -0.2) is 9.97 Å². The first kappa shape index (κ1) is 21.0. The number of aromatic nitrogens is 4. The van der Waals surface area contributed by atoms with Crippen molar-refractivity contribution in [3.05, 3.63) is 89.5 Å². The fraction of sp³-hybridized carbons (Fsp3) is 0.0370. The number of methoxy groups -OCH3 is 1. The van der Waals surface area contributed by atoms with Gasteiger partial charge in [0.25, 0.3) is 0 Å². The van der Waals surface area contributed by atoms with E-state index in [4.69, 9.17) is 14.7 Å². The minimum atomic E-state index is 0. The molecule has 8 bridgehead atoms. The number of hydrogen-bond acceptors (Lipinski definition) is 3. The molecule has 2 aliphatic rings. The van der Waals surface area contributed by atoms with Crippen LogP contribution in [-0.2, 0) is 16.8 Å². The average Bonchev–Trinajstić information content (AvgIpc) is 3.58. The van der Waals surface area contributed by atoms with Crippen LogP contribution in [-0.4, -0.2) is 27.0 Å². The molecule has 2 N–H and O–H groups in total. The second-order valence-electron chi connectivity index (χ2n) is 7.76. The van der Waals surface area contributed by atoms with E-state index in [1.165, 1.54) is 0 Å². The minimum absolute atomic E-state index is 0. The van der Waals surface area contributed by atoms with Crippen molar-refractivity contribution in [3.63, 3.8) is 0 Å². The Morgan fingerprint density at radius 3 is 1.76 bits per heavy atom. The number of benzene rings is 1. The van der Waals surface area contributed by atoms with Crippen LogP contribution < -0.4 is 4.74 Å². The molecule has 0 saturated carbocycles. The average molecular weight is 475 g/mol.